The molecule has 2 amide bonds. The van der Waals surface area contributed by atoms with Gasteiger partial charge < -0.3 is 10.6 Å². The molecule has 0 aliphatic rings. The molecule has 0 spiro atoms. The van der Waals surface area contributed by atoms with E-state index in [0.29, 0.717) is 0 Å². The van der Waals surface area contributed by atoms with E-state index in [2.05, 4.69) is 24.5 Å². The third kappa shape index (κ3) is 5.05. The van der Waals surface area contributed by atoms with Crippen LogP contribution in [0.15, 0.2) is 30.3 Å². The van der Waals surface area contributed by atoms with Gasteiger partial charge in [0, 0.05) is 12.5 Å². The average Bonchev–Trinajstić information content (AvgIpc) is 2.51. The van der Waals surface area contributed by atoms with Crippen molar-refractivity contribution in [3.8, 4) is 0 Å². The van der Waals surface area contributed by atoms with Crippen molar-refractivity contribution < 1.29 is 9.59 Å². The molecule has 25 heavy (non-hydrogen) atoms. The first-order chi connectivity index (χ1) is 11.4. The molecule has 5 heteroatoms. The molecule has 0 saturated heterocycles. The van der Waals surface area contributed by atoms with Crippen LogP contribution in [-0.4, -0.2) is 49.9 Å². The Bertz CT molecular complexity index is 589. The second-order valence-electron chi connectivity index (χ2n) is 8.38. The summed E-state index contributed by atoms with van der Waals surface area (Å²) in [6.45, 7) is 9.94. The fraction of sp³-hybridized carbons (Fsp3) is 0.600. The standard InChI is InChI=1S/C20H33N3O2/c1-19(2,3)15(17(24)21-6)22-18(25)16(23(7)8)20(4,5)14-12-10-9-11-13-14/h9-13,15-16H,1-8H3,(H,21,24)(H,22,25)/t15-,16-/m1/s1. The Balaban J connectivity index is 3.18. The Kier molecular flexibility index (Phi) is 6.77. The zero-order valence-corrected chi connectivity index (χ0v) is 16.8. The van der Waals surface area contributed by atoms with Crippen LogP contribution in [0.1, 0.15) is 40.2 Å². The number of rotatable bonds is 6. The summed E-state index contributed by atoms with van der Waals surface area (Å²) in [6, 6.07) is 8.97. The molecule has 0 bridgehead atoms. The largest absolute Gasteiger partial charge is 0.357 e. The summed E-state index contributed by atoms with van der Waals surface area (Å²) in [5, 5.41) is 5.62. The molecule has 0 aromatic heterocycles. The third-order valence-corrected chi connectivity index (χ3v) is 4.63. The summed E-state index contributed by atoms with van der Waals surface area (Å²) < 4.78 is 0. The first-order valence-corrected chi connectivity index (χ1v) is 8.66. The van der Waals surface area contributed by atoms with Crippen molar-refractivity contribution in [1.29, 1.82) is 0 Å². The molecule has 1 rings (SSSR count). The van der Waals surface area contributed by atoms with Gasteiger partial charge in [0.15, 0.2) is 0 Å². The van der Waals surface area contributed by atoms with E-state index in [0.717, 1.165) is 5.56 Å². The molecular formula is C20H33N3O2. The number of hydrogen-bond donors (Lipinski definition) is 2. The van der Waals surface area contributed by atoms with Gasteiger partial charge in [-0.15, -0.1) is 0 Å². The molecule has 5 nitrogen and oxygen atoms in total. The Hall–Kier alpha value is -1.88. The maximum absolute atomic E-state index is 13.1. The highest BCUT2D eigenvalue weighted by molar-refractivity contribution is 5.91. The highest BCUT2D eigenvalue weighted by Gasteiger charge is 2.41. The van der Waals surface area contributed by atoms with Crippen LogP contribution in [0.2, 0.25) is 0 Å². The second kappa shape index (κ2) is 8.00. The maximum Gasteiger partial charge on any atom is 0.242 e. The Morgan fingerprint density at radius 1 is 0.960 bits per heavy atom. The molecule has 2 atom stereocenters. The SMILES string of the molecule is CNC(=O)[C@@H](NC(=O)[C@@H](N(C)C)C(C)(C)c1ccccc1)C(C)(C)C. The van der Waals surface area contributed by atoms with Gasteiger partial charge in [-0.05, 0) is 25.1 Å². The van der Waals surface area contributed by atoms with Crippen molar-refractivity contribution in [1.82, 2.24) is 15.5 Å². The number of hydrogen-bond acceptors (Lipinski definition) is 3. The highest BCUT2D eigenvalue weighted by atomic mass is 16.2. The number of amides is 2. The van der Waals surface area contributed by atoms with Crippen LogP contribution in [0.5, 0.6) is 0 Å². The van der Waals surface area contributed by atoms with Crippen molar-refractivity contribution in [3.63, 3.8) is 0 Å². The molecule has 0 aliphatic carbocycles. The van der Waals surface area contributed by atoms with Crippen LogP contribution >= 0.6 is 0 Å². The molecule has 140 valence electrons. The monoisotopic (exact) mass is 347 g/mol. The van der Waals surface area contributed by atoms with Crippen molar-refractivity contribution in [2.24, 2.45) is 5.41 Å². The fourth-order valence-corrected chi connectivity index (χ4v) is 3.27. The van der Waals surface area contributed by atoms with E-state index < -0.39 is 17.5 Å². The molecule has 0 heterocycles. The van der Waals surface area contributed by atoms with Crippen LogP contribution in [0.3, 0.4) is 0 Å². The van der Waals surface area contributed by atoms with E-state index in [1.54, 1.807) is 7.05 Å². The van der Waals surface area contributed by atoms with E-state index in [1.165, 1.54) is 0 Å². The second-order valence-corrected chi connectivity index (χ2v) is 8.38. The molecule has 2 N–H and O–H groups in total. The summed E-state index contributed by atoms with van der Waals surface area (Å²) >= 11 is 0. The van der Waals surface area contributed by atoms with Crippen molar-refractivity contribution in [3.05, 3.63) is 35.9 Å². The molecule has 0 unspecified atom stereocenters. The number of nitrogens with zero attached hydrogens (tertiary/aromatic N) is 1. The minimum atomic E-state index is -0.598. The van der Waals surface area contributed by atoms with Gasteiger partial charge in [0.1, 0.15) is 6.04 Å². The molecular weight excluding hydrogens is 314 g/mol. The topological polar surface area (TPSA) is 61.4 Å². The summed E-state index contributed by atoms with van der Waals surface area (Å²) in [6.07, 6.45) is 0. The van der Waals surface area contributed by atoms with Crippen LogP contribution < -0.4 is 10.6 Å². The lowest BCUT2D eigenvalue weighted by atomic mass is 9.76. The van der Waals surface area contributed by atoms with Gasteiger partial charge >= 0.3 is 0 Å². The minimum absolute atomic E-state index is 0.151. The van der Waals surface area contributed by atoms with Gasteiger partial charge in [-0.2, -0.15) is 0 Å². The Morgan fingerprint density at radius 3 is 1.88 bits per heavy atom. The number of nitrogens with one attached hydrogen (secondary N) is 2. The Morgan fingerprint density at radius 2 is 1.48 bits per heavy atom. The average molecular weight is 348 g/mol. The number of likely N-dealkylation sites (N-methyl/N-ethyl adjacent to an activating group) is 2. The first kappa shape index (κ1) is 21.2. The summed E-state index contributed by atoms with van der Waals surface area (Å²) in [5.74, 6) is -0.335. The van der Waals surface area contributed by atoms with E-state index in [4.69, 9.17) is 0 Å². The maximum atomic E-state index is 13.1. The summed E-state index contributed by atoms with van der Waals surface area (Å²) in [5.41, 5.74) is 0.278. The molecule has 1 aromatic carbocycles. The number of carbonyl (C=O) groups is 2. The number of carbonyl (C=O) groups excluding carboxylic acids is 2. The van der Waals surface area contributed by atoms with Crippen molar-refractivity contribution >= 4 is 11.8 Å². The number of benzene rings is 1. The molecule has 0 aliphatic heterocycles. The normalized spacial score (nSPS) is 14.8. The minimum Gasteiger partial charge on any atom is -0.357 e. The summed E-state index contributed by atoms with van der Waals surface area (Å²) in [4.78, 5) is 27.3. The van der Waals surface area contributed by atoms with Crippen molar-refractivity contribution in [2.45, 2.75) is 52.1 Å². The lowest BCUT2D eigenvalue weighted by molar-refractivity contribution is -0.135. The van der Waals surface area contributed by atoms with Gasteiger partial charge in [0.2, 0.25) is 11.8 Å². The van der Waals surface area contributed by atoms with Crippen LogP contribution in [-0.2, 0) is 15.0 Å². The smallest absolute Gasteiger partial charge is 0.242 e. The van der Waals surface area contributed by atoms with Gasteiger partial charge in [0.05, 0.1) is 6.04 Å². The fourth-order valence-electron chi connectivity index (χ4n) is 3.27. The first-order valence-electron chi connectivity index (χ1n) is 8.66. The van der Waals surface area contributed by atoms with E-state index in [9.17, 15) is 9.59 Å². The highest BCUT2D eigenvalue weighted by Crippen LogP contribution is 2.30. The van der Waals surface area contributed by atoms with Gasteiger partial charge in [-0.3, -0.25) is 14.5 Å². The summed E-state index contributed by atoms with van der Waals surface area (Å²) in [7, 11) is 5.37. The zero-order chi connectivity index (χ0) is 19.4. The molecule has 0 saturated carbocycles. The molecule has 1 aromatic rings. The third-order valence-electron chi connectivity index (χ3n) is 4.63. The van der Waals surface area contributed by atoms with E-state index in [-0.39, 0.29) is 17.2 Å². The predicted molar refractivity (Wildman–Crippen MR) is 102 cm³/mol. The van der Waals surface area contributed by atoms with Crippen molar-refractivity contribution in [2.75, 3.05) is 21.1 Å². The van der Waals surface area contributed by atoms with E-state index in [1.807, 2.05) is 70.1 Å². The van der Waals surface area contributed by atoms with Gasteiger partial charge in [-0.25, -0.2) is 0 Å². The zero-order valence-electron chi connectivity index (χ0n) is 16.8. The van der Waals surface area contributed by atoms with E-state index >= 15 is 0 Å². The van der Waals surface area contributed by atoms with Gasteiger partial charge in [0.25, 0.3) is 0 Å². The Labute approximate surface area is 152 Å². The van der Waals surface area contributed by atoms with Gasteiger partial charge in [-0.1, -0.05) is 65.0 Å². The molecule has 0 fully saturated rings. The lowest BCUT2D eigenvalue weighted by Crippen LogP contribution is -2.60. The predicted octanol–water partition coefficient (Wildman–Crippen LogP) is 2.17. The quantitative estimate of drug-likeness (QED) is 0.829. The molecule has 0 radical (unpaired) electrons. The van der Waals surface area contributed by atoms with Crippen LogP contribution in [0.4, 0.5) is 0 Å². The lowest BCUT2D eigenvalue weighted by Gasteiger charge is -2.40. The van der Waals surface area contributed by atoms with Crippen LogP contribution in [0.25, 0.3) is 0 Å². The van der Waals surface area contributed by atoms with Crippen LogP contribution in [0, 0.1) is 5.41 Å².